The molecule has 2 aromatic heterocycles. The predicted octanol–water partition coefficient (Wildman–Crippen LogP) is 6.05. The summed E-state index contributed by atoms with van der Waals surface area (Å²) in [5, 5.41) is 11.8. The number of nitro groups is 1. The molecule has 2 heterocycles. The molecule has 0 spiro atoms. The van der Waals surface area contributed by atoms with Crippen LogP contribution < -0.4 is 5.56 Å². The van der Waals surface area contributed by atoms with E-state index in [9.17, 15) is 19.7 Å². The first-order chi connectivity index (χ1) is 18.3. The third-order valence-corrected chi connectivity index (χ3v) is 6.73. The Morgan fingerprint density at radius 2 is 1.84 bits per heavy atom. The largest absolute Gasteiger partial charge is 0.467 e. The van der Waals surface area contributed by atoms with Gasteiger partial charge in [-0.1, -0.05) is 34.1 Å². The first-order valence-electron chi connectivity index (χ1n) is 11.7. The number of benzene rings is 3. The number of nitro benzene ring substituents is 1. The molecule has 10 heteroatoms. The van der Waals surface area contributed by atoms with Gasteiger partial charge in [0.2, 0.25) is 0 Å². The minimum atomic E-state index is -0.729. The summed E-state index contributed by atoms with van der Waals surface area (Å²) in [4.78, 5) is 44.7. The standard InChI is InChI=1S/C28H21BrN4O5/c1-18(31(17-23-8-5-15-38-23)27(34)19-6-4-7-22(16-19)33(36)37)26-30-25-10-3-2-9-24(25)28(35)32(26)21-13-11-20(29)12-14-21/h2-16,18H,17H2,1H3. The molecular weight excluding hydrogens is 552 g/mol. The molecule has 1 unspecified atom stereocenters. The number of halogens is 1. The zero-order chi connectivity index (χ0) is 26.8. The Kier molecular flexibility index (Phi) is 6.89. The van der Waals surface area contributed by atoms with E-state index >= 15 is 0 Å². The van der Waals surface area contributed by atoms with Gasteiger partial charge in [-0.05, 0) is 61.5 Å². The summed E-state index contributed by atoms with van der Waals surface area (Å²) in [6.45, 7) is 1.82. The van der Waals surface area contributed by atoms with E-state index < -0.39 is 16.9 Å². The average Bonchev–Trinajstić information content (AvgIpc) is 3.45. The molecule has 0 radical (unpaired) electrons. The predicted molar refractivity (Wildman–Crippen MR) is 145 cm³/mol. The number of rotatable bonds is 7. The number of hydrogen-bond acceptors (Lipinski definition) is 6. The maximum atomic E-state index is 13.8. The normalized spacial score (nSPS) is 11.8. The number of non-ortho nitro benzene ring substituents is 1. The first kappa shape index (κ1) is 25.1. The lowest BCUT2D eigenvalue weighted by atomic mass is 10.1. The molecule has 0 aliphatic heterocycles. The Bertz CT molecular complexity index is 1700. The van der Waals surface area contributed by atoms with Crippen LogP contribution in [0, 0.1) is 10.1 Å². The SMILES string of the molecule is CC(c1nc2ccccc2c(=O)n1-c1ccc(Br)cc1)N(Cc1ccco1)C(=O)c1cccc([N+](=O)[O-])c1. The number of nitrogens with zero attached hydrogens (tertiary/aromatic N) is 4. The minimum Gasteiger partial charge on any atom is -0.467 e. The molecule has 9 nitrogen and oxygen atoms in total. The average molecular weight is 573 g/mol. The zero-order valence-electron chi connectivity index (χ0n) is 20.2. The fraction of sp³-hybridized carbons (Fsp3) is 0.107. The van der Waals surface area contributed by atoms with Gasteiger partial charge in [-0.3, -0.25) is 24.3 Å². The summed E-state index contributed by atoms with van der Waals surface area (Å²) in [5.74, 6) is 0.373. The van der Waals surface area contributed by atoms with E-state index in [1.165, 1.54) is 40.0 Å². The van der Waals surface area contributed by atoms with Gasteiger partial charge in [0.1, 0.15) is 11.6 Å². The fourth-order valence-electron chi connectivity index (χ4n) is 4.28. The van der Waals surface area contributed by atoms with Gasteiger partial charge in [-0.2, -0.15) is 0 Å². The van der Waals surface area contributed by atoms with Crippen LogP contribution in [0.2, 0.25) is 0 Å². The number of para-hydroxylation sites is 1. The molecule has 0 fully saturated rings. The van der Waals surface area contributed by atoms with Crippen LogP contribution in [0.4, 0.5) is 5.69 Å². The van der Waals surface area contributed by atoms with Gasteiger partial charge in [-0.15, -0.1) is 0 Å². The van der Waals surface area contributed by atoms with Gasteiger partial charge in [0.15, 0.2) is 0 Å². The highest BCUT2D eigenvalue weighted by Crippen LogP contribution is 2.27. The molecule has 0 saturated carbocycles. The van der Waals surface area contributed by atoms with Crippen molar-refractivity contribution in [3.8, 4) is 5.69 Å². The molecule has 0 bridgehead atoms. The quantitative estimate of drug-likeness (QED) is 0.173. The van der Waals surface area contributed by atoms with Crippen molar-refractivity contribution in [2.75, 3.05) is 0 Å². The van der Waals surface area contributed by atoms with Crippen LogP contribution in [0.5, 0.6) is 0 Å². The topological polar surface area (TPSA) is 111 Å². The highest BCUT2D eigenvalue weighted by atomic mass is 79.9. The van der Waals surface area contributed by atoms with E-state index in [1.807, 2.05) is 12.1 Å². The molecule has 3 aromatic carbocycles. The summed E-state index contributed by atoms with van der Waals surface area (Å²) >= 11 is 3.43. The fourth-order valence-corrected chi connectivity index (χ4v) is 4.55. The Morgan fingerprint density at radius 3 is 2.55 bits per heavy atom. The monoisotopic (exact) mass is 572 g/mol. The molecule has 0 aliphatic carbocycles. The Balaban J connectivity index is 1.69. The van der Waals surface area contributed by atoms with Crippen molar-refractivity contribution in [2.24, 2.45) is 0 Å². The highest BCUT2D eigenvalue weighted by molar-refractivity contribution is 9.10. The van der Waals surface area contributed by atoms with Gasteiger partial charge in [0, 0.05) is 22.2 Å². The Labute approximate surface area is 225 Å². The van der Waals surface area contributed by atoms with E-state index in [0.29, 0.717) is 28.2 Å². The summed E-state index contributed by atoms with van der Waals surface area (Å²) in [7, 11) is 0. The minimum absolute atomic E-state index is 0.0543. The lowest BCUT2D eigenvalue weighted by molar-refractivity contribution is -0.384. The van der Waals surface area contributed by atoms with Crippen molar-refractivity contribution in [3.63, 3.8) is 0 Å². The van der Waals surface area contributed by atoms with Gasteiger partial charge in [0.25, 0.3) is 17.2 Å². The van der Waals surface area contributed by atoms with Crippen molar-refractivity contribution < 1.29 is 14.1 Å². The number of amides is 1. The summed E-state index contributed by atoms with van der Waals surface area (Å²) in [6, 6.07) is 22.5. The van der Waals surface area contributed by atoms with Gasteiger partial charge in [0.05, 0.1) is 40.4 Å². The Hall–Kier alpha value is -4.57. The van der Waals surface area contributed by atoms with Crippen LogP contribution >= 0.6 is 15.9 Å². The van der Waals surface area contributed by atoms with Gasteiger partial charge in [-0.25, -0.2) is 4.98 Å². The molecule has 1 amide bonds. The van der Waals surface area contributed by atoms with Crippen LogP contribution in [0.25, 0.3) is 16.6 Å². The van der Waals surface area contributed by atoms with E-state index in [0.717, 1.165) is 4.47 Å². The molecule has 38 heavy (non-hydrogen) atoms. The number of furan rings is 1. The molecule has 5 rings (SSSR count). The molecule has 0 saturated heterocycles. The molecule has 0 N–H and O–H groups in total. The third kappa shape index (κ3) is 4.85. The summed E-state index contributed by atoms with van der Waals surface area (Å²) in [6.07, 6.45) is 1.50. The van der Waals surface area contributed by atoms with E-state index in [1.54, 1.807) is 55.5 Å². The van der Waals surface area contributed by atoms with Crippen molar-refractivity contribution in [1.82, 2.24) is 14.5 Å². The molecule has 190 valence electrons. The van der Waals surface area contributed by atoms with Crippen LogP contribution in [0.15, 0.2) is 105 Å². The summed E-state index contributed by atoms with van der Waals surface area (Å²) in [5.41, 5.74) is 0.737. The zero-order valence-corrected chi connectivity index (χ0v) is 21.7. The lowest BCUT2D eigenvalue weighted by Gasteiger charge is -2.30. The maximum absolute atomic E-state index is 13.8. The van der Waals surface area contributed by atoms with Crippen LogP contribution in [-0.4, -0.2) is 25.3 Å². The lowest BCUT2D eigenvalue weighted by Crippen LogP contribution is -2.37. The Morgan fingerprint density at radius 1 is 1.08 bits per heavy atom. The number of fused-ring (bicyclic) bond motifs is 1. The van der Waals surface area contributed by atoms with Crippen molar-refractivity contribution >= 4 is 38.4 Å². The maximum Gasteiger partial charge on any atom is 0.270 e. The molecular formula is C28H21BrN4O5. The van der Waals surface area contributed by atoms with Gasteiger partial charge >= 0.3 is 0 Å². The van der Waals surface area contributed by atoms with Crippen molar-refractivity contribution in [3.05, 3.63) is 133 Å². The smallest absolute Gasteiger partial charge is 0.270 e. The van der Waals surface area contributed by atoms with Crippen LogP contribution in [-0.2, 0) is 6.54 Å². The number of hydrogen-bond donors (Lipinski definition) is 0. The molecule has 5 aromatic rings. The van der Waals surface area contributed by atoms with Crippen LogP contribution in [0.1, 0.15) is 34.9 Å². The van der Waals surface area contributed by atoms with Crippen molar-refractivity contribution in [1.29, 1.82) is 0 Å². The molecule has 1 atom stereocenters. The second-order valence-corrected chi connectivity index (χ2v) is 9.52. The second kappa shape index (κ2) is 10.4. The number of carbonyl (C=O) groups excluding carboxylic acids is 1. The van der Waals surface area contributed by atoms with E-state index in [4.69, 9.17) is 9.40 Å². The highest BCUT2D eigenvalue weighted by Gasteiger charge is 2.29. The van der Waals surface area contributed by atoms with E-state index in [2.05, 4.69) is 15.9 Å². The van der Waals surface area contributed by atoms with E-state index in [-0.39, 0.29) is 23.4 Å². The first-order valence-corrected chi connectivity index (χ1v) is 12.5. The van der Waals surface area contributed by atoms with Crippen molar-refractivity contribution in [2.45, 2.75) is 19.5 Å². The summed E-state index contributed by atoms with van der Waals surface area (Å²) < 4.78 is 7.86. The van der Waals surface area contributed by atoms with Crippen LogP contribution in [0.3, 0.4) is 0 Å². The second-order valence-electron chi connectivity index (χ2n) is 8.60. The number of carbonyl (C=O) groups is 1. The molecule has 0 aliphatic rings. The number of aromatic nitrogens is 2. The third-order valence-electron chi connectivity index (χ3n) is 6.20. The van der Waals surface area contributed by atoms with Gasteiger partial charge < -0.3 is 9.32 Å².